The monoisotopic (exact) mass is 389 g/mol. The first-order valence-electron chi connectivity index (χ1n) is 10.6. The number of nitrogens with one attached hydrogen (secondary N) is 2. The third-order valence-electron chi connectivity index (χ3n) is 6.36. The predicted octanol–water partition coefficient (Wildman–Crippen LogP) is 3.76. The molecule has 0 bridgehead atoms. The van der Waals surface area contributed by atoms with Crippen LogP contribution in [0.5, 0.6) is 0 Å². The van der Waals surface area contributed by atoms with Crippen molar-refractivity contribution >= 4 is 17.4 Å². The van der Waals surface area contributed by atoms with E-state index in [0.717, 1.165) is 42.8 Å². The summed E-state index contributed by atoms with van der Waals surface area (Å²) in [5.74, 6) is 0. The Morgan fingerprint density at radius 2 is 2.04 bits per heavy atom. The molecule has 4 N–H and O–H groups in total. The maximum Gasteiger partial charge on any atom is 0.315 e. The molecule has 2 aliphatic rings. The molecule has 1 aromatic rings. The third-order valence-corrected chi connectivity index (χ3v) is 6.36. The molecule has 7 heteroatoms. The third kappa shape index (κ3) is 4.51. The number of anilines is 2. The summed E-state index contributed by atoms with van der Waals surface area (Å²) in [4.78, 5) is 18.1. The number of fused-ring (bicyclic) bond motifs is 1. The lowest BCUT2D eigenvalue weighted by atomic mass is 9.94. The van der Waals surface area contributed by atoms with Gasteiger partial charge < -0.3 is 26.0 Å². The van der Waals surface area contributed by atoms with Crippen LogP contribution in [0.2, 0.25) is 0 Å². The molecular weight excluding hydrogens is 354 g/mol. The molecule has 0 spiro atoms. The van der Waals surface area contributed by atoms with Crippen molar-refractivity contribution in [3.05, 3.63) is 17.5 Å². The van der Waals surface area contributed by atoms with Crippen LogP contribution in [0.3, 0.4) is 0 Å². The Labute approximate surface area is 168 Å². The minimum Gasteiger partial charge on any atom is -0.379 e. The molecule has 2 heterocycles. The number of aromatic nitrogens is 1. The average molecular weight is 390 g/mol. The van der Waals surface area contributed by atoms with Crippen molar-refractivity contribution in [3.63, 3.8) is 0 Å². The van der Waals surface area contributed by atoms with E-state index in [1.165, 1.54) is 24.8 Å². The zero-order chi connectivity index (χ0) is 20.1. The van der Waals surface area contributed by atoms with Crippen LogP contribution in [0.1, 0.15) is 63.1 Å². The number of aryl methyl sites for hydroxylation is 1. The predicted molar refractivity (Wildman–Crippen MR) is 113 cm³/mol. The van der Waals surface area contributed by atoms with Gasteiger partial charge in [-0.05, 0) is 38.7 Å². The Kier molecular flexibility index (Phi) is 6.65. The first-order chi connectivity index (χ1) is 13.5. The quantitative estimate of drug-likeness (QED) is 0.589. The number of urea groups is 1. The van der Waals surface area contributed by atoms with Crippen molar-refractivity contribution in [1.29, 1.82) is 0 Å². The Hall–Kier alpha value is -2.02. The van der Waals surface area contributed by atoms with Crippen LogP contribution < -0.4 is 16.4 Å². The van der Waals surface area contributed by atoms with E-state index in [4.69, 9.17) is 10.5 Å². The van der Waals surface area contributed by atoms with E-state index in [1.807, 2.05) is 13.1 Å². The number of amides is 2. The number of hydrogen-bond donors (Lipinski definition) is 3. The van der Waals surface area contributed by atoms with Gasteiger partial charge in [-0.25, -0.2) is 4.79 Å². The number of primary amides is 1. The molecule has 0 radical (unpaired) electrons. The molecule has 1 aliphatic heterocycles. The highest BCUT2D eigenvalue weighted by Gasteiger charge is 2.35. The highest BCUT2D eigenvalue weighted by atomic mass is 16.5. The molecule has 1 fully saturated rings. The Balaban J connectivity index is 1.47. The van der Waals surface area contributed by atoms with Crippen LogP contribution in [-0.2, 0) is 4.74 Å². The maximum atomic E-state index is 11.8. The van der Waals surface area contributed by atoms with E-state index < -0.39 is 0 Å². The molecule has 1 saturated carbocycles. The number of rotatable bonds is 8. The van der Waals surface area contributed by atoms with Gasteiger partial charge in [0.2, 0.25) is 0 Å². The van der Waals surface area contributed by atoms with E-state index in [1.54, 1.807) is 4.90 Å². The number of nitrogens with zero attached hydrogens (tertiary/aromatic N) is 2. The molecule has 28 heavy (non-hydrogen) atoms. The maximum absolute atomic E-state index is 11.8. The Morgan fingerprint density at radius 3 is 2.71 bits per heavy atom. The summed E-state index contributed by atoms with van der Waals surface area (Å²) >= 11 is 0. The summed E-state index contributed by atoms with van der Waals surface area (Å²) in [5, 5.41) is 7.26. The van der Waals surface area contributed by atoms with Crippen LogP contribution in [-0.4, -0.2) is 47.4 Å². The smallest absolute Gasteiger partial charge is 0.315 e. The second-order valence-corrected chi connectivity index (χ2v) is 8.13. The van der Waals surface area contributed by atoms with Gasteiger partial charge in [0, 0.05) is 24.7 Å². The second-order valence-electron chi connectivity index (χ2n) is 8.13. The molecule has 3 rings (SSSR count). The summed E-state index contributed by atoms with van der Waals surface area (Å²) in [6.07, 6.45) is 9.39. The molecule has 7 nitrogen and oxygen atoms in total. The summed E-state index contributed by atoms with van der Waals surface area (Å²) in [6.45, 7) is 8.00. The standard InChI is InChI=1S/C21H35N5O2/c1-4-21(24-18-14-23-16(3)15(2)19(18)25-21)10-12-28-13-11-26(20(22)27)17-8-6-5-7-9-17/h14,17,24-25H,4-13H2,1-3H3,(H2,22,27). The summed E-state index contributed by atoms with van der Waals surface area (Å²) < 4.78 is 5.90. The van der Waals surface area contributed by atoms with Crippen LogP contribution in [0.4, 0.5) is 16.2 Å². The van der Waals surface area contributed by atoms with Gasteiger partial charge in [-0.15, -0.1) is 0 Å². The van der Waals surface area contributed by atoms with Gasteiger partial charge in [0.05, 0.1) is 30.8 Å². The van der Waals surface area contributed by atoms with Gasteiger partial charge in [0.15, 0.2) is 0 Å². The van der Waals surface area contributed by atoms with Crippen LogP contribution in [0.15, 0.2) is 6.20 Å². The summed E-state index contributed by atoms with van der Waals surface area (Å²) in [5.41, 5.74) is 9.83. The van der Waals surface area contributed by atoms with Gasteiger partial charge in [0.25, 0.3) is 0 Å². The van der Waals surface area contributed by atoms with Crippen molar-refractivity contribution in [1.82, 2.24) is 9.88 Å². The van der Waals surface area contributed by atoms with Gasteiger partial charge >= 0.3 is 6.03 Å². The Morgan fingerprint density at radius 1 is 1.29 bits per heavy atom. The summed E-state index contributed by atoms with van der Waals surface area (Å²) in [6, 6.07) is -0.0448. The van der Waals surface area contributed by atoms with Gasteiger partial charge in [0.1, 0.15) is 5.66 Å². The number of hydrogen-bond acceptors (Lipinski definition) is 5. The molecule has 0 aromatic carbocycles. The van der Waals surface area contributed by atoms with Gasteiger partial charge in [-0.1, -0.05) is 26.2 Å². The molecule has 1 atom stereocenters. The van der Waals surface area contributed by atoms with Crippen molar-refractivity contribution in [3.8, 4) is 0 Å². The average Bonchev–Trinajstić information content (AvgIpc) is 3.08. The molecule has 1 aromatic heterocycles. The zero-order valence-electron chi connectivity index (χ0n) is 17.5. The largest absolute Gasteiger partial charge is 0.379 e. The topological polar surface area (TPSA) is 92.5 Å². The SMILES string of the molecule is CCC1(CCOCCN(C(N)=O)C2CCCCC2)Nc2cnc(C)c(C)c2N1. The van der Waals surface area contributed by atoms with Gasteiger partial charge in [-0.2, -0.15) is 0 Å². The number of ether oxygens (including phenoxy) is 1. The van der Waals surface area contributed by atoms with E-state index in [9.17, 15) is 4.79 Å². The lowest BCUT2D eigenvalue weighted by molar-refractivity contribution is 0.0846. The normalized spacial score (nSPS) is 21.7. The van der Waals surface area contributed by atoms with E-state index in [0.29, 0.717) is 19.8 Å². The zero-order valence-corrected chi connectivity index (χ0v) is 17.5. The summed E-state index contributed by atoms with van der Waals surface area (Å²) in [7, 11) is 0. The number of pyridine rings is 1. The van der Waals surface area contributed by atoms with Crippen LogP contribution in [0.25, 0.3) is 0 Å². The number of carbonyl (C=O) groups excluding carboxylic acids is 1. The highest BCUT2D eigenvalue weighted by Crippen LogP contribution is 2.39. The van der Waals surface area contributed by atoms with Crippen LogP contribution in [0, 0.1) is 13.8 Å². The van der Waals surface area contributed by atoms with Crippen molar-refractivity contribution in [2.75, 3.05) is 30.4 Å². The lowest BCUT2D eigenvalue weighted by Crippen LogP contribution is -2.46. The van der Waals surface area contributed by atoms with Crippen molar-refractivity contribution in [2.45, 2.75) is 77.4 Å². The van der Waals surface area contributed by atoms with E-state index >= 15 is 0 Å². The fourth-order valence-electron chi connectivity index (χ4n) is 4.35. The molecule has 1 aliphatic carbocycles. The van der Waals surface area contributed by atoms with Crippen molar-refractivity contribution < 1.29 is 9.53 Å². The molecule has 1 unspecified atom stereocenters. The fourth-order valence-corrected chi connectivity index (χ4v) is 4.35. The minimum atomic E-state index is -0.326. The fraction of sp³-hybridized carbons (Fsp3) is 0.714. The molecule has 0 saturated heterocycles. The van der Waals surface area contributed by atoms with Crippen LogP contribution >= 0.6 is 0 Å². The van der Waals surface area contributed by atoms with Crippen molar-refractivity contribution in [2.24, 2.45) is 5.73 Å². The van der Waals surface area contributed by atoms with E-state index in [-0.39, 0.29) is 17.7 Å². The first-order valence-corrected chi connectivity index (χ1v) is 10.6. The first kappa shape index (κ1) is 20.7. The molecule has 2 amide bonds. The van der Waals surface area contributed by atoms with Gasteiger partial charge in [-0.3, -0.25) is 4.98 Å². The highest BCUT2D eigenvalue weighted by molar-refractivity contribution is 5.78. The number of carbonyl (C=O) groups is 1. The molecule has 156 valence electrons. The number of nitrogens with two attached hydrogens (primary N) is 1. The van der Waals surface area contributed by atoms with E-state index in [2.05, 4.69) is 29.5 Å². The minimum absolute atomic E-state index is 0.213. The second kappa shape index (κ2) is 8.99. The lowest BCUT2D eigenvalue weighted by Gasteiger charge is -2.33. The Bertz CT molecular complexity index is 690. The molecular formula is C21H35N5O2.